The van der Waals surface area contributed by atoms with Gasteiger partial charge in [0.2, 0.25) is 0 Å². The Bertz CT molecular complexity index is 897. The standard InChI is InChI=1S/C17H13Cl2N3O2S/c18-11-3-1-10(2-4-11)12-9-13(17(24)20-7-8-23)22-16(21-12)14-5-6-15(19)25-14/h1-6,9,23H,7-8H2,(H,20,24). The van der Waals surface area contributed by atoms with E-state index in [-0.39, 0.29) is 24.8 Å². The topological polar surface area (TPSA) is 75.1 Å². The molecule has 0 saturated carbocycles. The molecule has 3 rings (SSSR count). The van der Waals surface area contributed by atoms with Crippen LogP contribution in [0.4, 0.5) is 0 Å². The van der Waals surface area contributed by atoms with Gasteiger partial charge in [0.15, 0.2) is 5.82 Å². The Morgan fingerprint density at radius 2 is 1.88 bits per heavy atom. The number of hydrogen-bond donors (Lipinski definition) is 2. The van der Waals surface area contributed by atoms with Gasteiger partial charge in [0.05, 0.1) is 21.5 Å². The van der Waals surface area contributed by atoms with Gasteiger partial charge in [-0.2, -0.15) is 0 Å². The van der Waals surface area contributed by atoms with E-state index in [0.29, 0.717) is 20.9 Å². The molecule has 5 nitrogen and oxygen atoms in total. The lowest BCUT2D eigenvalue weighted by Crippen LogP contribution is -2.27. The van der Waals surface area contributed by atoms with E-state index < -0.39 is 0 Å². The van der Waals surface area contributed by atoms with Gasteiger partial charge < -0.3 is 10.4 Å². The molecule has 2 heterocycles. The highest BCUT2D eigenvalue weighted by molar-refractivity contribution is 7.19. The first-order valence-electron chi connectivity index (χ1n) is 7.36. The minimum Gasteiger partial charge on any atom is -0.395 e. The van der Waals surface area contributed by atoms with E-state index in [1.165, 1.54) is 11.3 Å². The number of aliphatic hydroxyl groups is 1. The third-order valence-corrected chi connectivity index (χ3v) is 4.77. The quantitative estimate of drug-likeness (QED) is 0.688. The Hall–Kier alpha value is -1.99. The predicted molar refractivity (Wildman–Crippen MR) is 100 cm³/mol. The summed E-state index contributed by atoms with van der Waals surface area (Å²) in [5.74, 6) is 0.0362. The van der Waals surface area contributed by atoms with E-state index >= 15 is 0 Å². The zero-order valence-electron chi connectivity index (χ0n) is 12.9. The first-order chi connectivity index (χ1) is 12.1. The number of amides is 1. The van der Waals surface area contributed by atoms with Crippen molar-refractivity contribution in [2.75, 3.05) is 13.2 Å². The molecule has 2 aromatic heterocycles. The van der Waals surface area contributed by atoms with E-state index in [2.05, 4.69) is 15.3 Å². The molecule has 25 heavy (non-hydrogen) atoms. The minimum atomic E-state index is -0.379. The molecule has 2 N–H and O–H groups in total. The van der Waals surface area contributed by atoms with E-state index in [0.717, 1.165) is 10.4 Å². The lowest BCUT2D eigenvalue weighted by Gasteiger charge is -2.08. The number of hydrogen-bond acceptors (Lipinski definition) is 5. The summed E-state index contributed by atoms with van der Waals surface area (Å²) in [4.78, 5) is 21.9. The fraction of sp³-hybridized carbons (Fsp3) is 0.118. The fourth-order valence-corrected chi connectivity index (χ4v) is 3.24. The average Bonchev–Trinajstić information content (AvgIpc) is 3.06. The molecule has 0 aliphatic carbocycles. The molecule has 0 bridgehead atoms. The number of benzene rings is 1. The maximum Gasteiger partial charge on any atom is 0.270 e. The highest BCUT2D eigenvalue weighted by Gasteiger charge is 2.15. The van der Waals surface area contributed by atoms with Crippen LogP contribution >= 0.6 is 34.5 Å². The van der Waals surface area contributed by atoms with Crippen LogP contribution in [-0.2, 0) is 0 Å². The van der Waals surface area contributed by atoms with E-state index in [9.17, 15) is 4.79 Å². The van der Waals surface area contributed by atoms with Crippen molar-refractivity contribution >= 4 is 40.4 Å². The minimum absolute atomic E-state index is 0.145. The van der Waals surface area contributed by atoms with E-state index in [4.69, 9.17) is 28.3 Å². The van der Waals surface area contributed by atoms with Crippen LogP contribution in [0, 0.1) is 0 Å². The SMILES string of the molecule is O=C(NCCO)c1cc(-c2ccc(Cl)cc2)nc(-c2ccc(Cl)s2)n1. The maximum atomic E-state index is 12.3. The lowest BCUT2D eigenvalue weighted by atomic mass is 10.1. The Morgan fingerprint density at radius 3 is 2.52 bits per heavy atom. The van der Waals surface area contributed by atoms with Crippen LogP contribution in [0.3, 0.4) is 0 Å². The van der Waals surface area contributed by atoms with Gasteiger partial charge in [0.25, 0.3) is 5.91 Å². The second kappa shape index (κ2) is 7.93. The highest BCUT2D eigenvalue weighted by atomic mass is 35.5. The van der Waals surface area contributed by atoms with Crippen LogP contribution < -0.4 is 5.32 Å². The fourth-order valence-electron chi connectivity index (χ4n) is 2.14. The third kappa shape index (κ3) is 4.35. The van der Waals surface area contributed by atoms with Gasteiger partial charge in [-0.15, -0.1) is 11.3 Å². The Morgan fingerprint density at radius 1 is 1.12 bits per heavy atom. The number of aliphatic hydroxyl groups excluding tert-OH is 1. The zero-order valence-corrected chi connectivity index (χ0v) is 15.2. The number of aromatic nitrogens is 2. The molecule has 0 saturated heterocycles. The van der Waals surface area contributed by atoms with Crippen molar-refractivity contribution in [2.45, 2.75) is 0 Å². The number of nitrogens with one attached hydrogen (secondary N) is 1. The molecule has 0 unspecified atom stereocenters. The predicted octanol–water partition coefficient (Wildman–Crippen LogP) is 3.90. The Balaban J connectivity index is 2.07. The second-order valence-corrected chi connectivity index (χ2v) is 7.20. The summed E-state index contributed by atoms with van der Waals surface area (Å²) in [5, 5.41) is 12.1. The van der Waals surface area contributed by atoms with Crippen LogP contribution in [0.25, 0.3) is 22.0 Å². The molecule has 1 amide bonds. The molecule has 3 aromatic rings. The summed E-state index contributed by atoms with van der Waals surface area (Å²) in [6.45, 7) is 0.00747. The van der Waals surface area contributed by atoms with Gasteiger partial charge in [-0.25, -0.2) is 9.97 Å². The highest BCUT2D eigenvalue weighted by Crippen LogP contribution is 2.30. The summed E-state index contributed by atoms with van der Waals surface area (Å²) in [5.41, 5.74) is 1.63. The van der Waals surface area contributed by atoms with Gasteiger partial charge >= 0.3 is 0 Å². The summed E-state index contributed by atoms with van der Waals surface area (Å²) >= 11 is 13.3. The molecule has 128 valence electrons. The first-order valence-corrected chi connectivity index (χ1v) is 8.94. The maximum absolute atomic E-state index is 12.3. The number of carbonyl (C=O) groups is 1. The average molecular weight is 394 g/mol. The van der Waals surface area contributed by atoms with E-state index in [1.54, 1.807) is 24.3 Å². The van der Waals surface area contributed by atoms with Crippen molar-refractivity contribution in [1.82, 2.24) is 15.3 Å². The van der Waals surface area contributed by atoms with Gasteiger partial charge in [-0.1, -0.05) is 35.3 Å². The van der Waals surface area contributed by atoms with Crippen molar-refractivity contribution in [3.8, 4) is 22.0 Å². The van der Waals surface area contributed by atoms with Crippen molar-refractivity contribution in [3.05, 3.63) is 57.5 Å². The smallest absolute Gasteiger partial charge is 0.270 e. The summed E-state index contributed by atoms with van der Waals surface area (Å²) in [6.07, 6.45) is 0. The van der Waals surface area contributed by atoms with Crippen molar-refractivity contribution < 1.29 is 9.90 Å². The Kier molecular flexibility index (Phi) is 5.65. The molecule has 0 aliphatic heterocycles. The largest absolute Gasteiger partial charge is 0.395 e. The molecule has 8 heteroatoms. The number of halogens is 2. The van der Waals surface area contributed by atoms with Crippen molar-refractivity contribution in [3.63, 3.8) is 0 Å². The van der Waals surface area contributed by atoms with Crippen LogP contribution in [0.5, 0.6) is 0 Å². The molecule has 0 fully saturated rings. The van der Waals surface area contributed by atoms with Gasteiger partial charge in [-0.05, 0) is 30.3 Å². The summed E-state index contributed by atoms with van der Waals surface area (Å²) in [6, 6.07) is 12.3. The lowest BCUT2D eigenvalue weighted by molar-refractivity contribution is 0.0940. The van der Waals surface area contributed by atoms with Crippen LogP contribution in [0.1, 0.15) is 10.5 Å². The second-order valence-electron chi connectivity index (χ2n) is 5.05. The molecular formula is C17H13Cl2N3O2S. The van der Waals surface area contributed by atoms with Gasteiger partial charge in [-0.3, -0.25) is 4.79 Å². The monoisotopic (exact) mass is 393 g/mol. The van der Waals surface area contributed by atoms with Gasteiger partial charge in [0, 0.05) is 17.1 Å². The van der Waals surface area contributed by atoms with Crippen LogP contribution in [-0.4, -0.2) is 34.1 Å². The molecule has 0 spiro atoms. The summed E-state index contributed by atoms with van der Waals surface area (Å²) < 4.78 is 0.613. The number of rotatable bonds is 5. The number of thiophene rings is 1. The normalized spacial score (nSPS) is 10.7. The van der Waals surface area contributed by atoms with Crippen LogP contribution in [0.2, 0.25) is 9.36 Å². The first kappa shape index (κ1) is 17.8. The van der Waals surface area contributed by atoms with Crippen molar-refractivity contribution in [1.29, 1.82) is 0 Å². The molecule has 0 atom stereocenters. The number of carbonyl (C=O) groups excluding carboxylic acids is 1. The molecule has 0 radical (unpaired) electrons. The van der Waals surface area contributed by atoms with Gasteiger partial charge in [0.1, 0.15) is 5.69 Å². The molecule has 0 aliphatic rings. The van der Waals surface area contributed by atoms with Crippen LogP contribution in [0.15, 0.2) is 42.5 Å². The molecule has 1 aromatic carbocycles. The zero-order chi connectivity index (χ0) is 17.8. The third-order valence-electron chi connectivity index (χ3n) is 3.29. The van der Waals surface area contributed by atoms with E-state index in [1.807, 2.05) is 18.2 Å². The number of nitrogens with zero attached hydrogens (tertiary/aromatic N) is 2. The Labute approximate surface area is 158 Å². The molecular weight excluding hydrogens is 381 g/mol. The summed E-state index contributed by atoms with van der Waals surface area (Å²) in [7, 11) is 0. The van der Waals surface area contributed by atoms with Crippen molar-refractivity contribution in [2.24, 2.45) is 0 Å².